The Kier molecular flexibility index (Phi) is 5.85. The minimum absolute atomic E-state index is 0.0210. The lowest BCUT2D eigenvalue weighted by atomic mass is 9.85. The number of aliphatic imine (C=N–C) groups is 1. The van der Waals surface area contributed by atoms with Crippen LogP contribution in [-0.2, 0) is 16.1 Å². The van der Waals surface area contributed by atoms with Crippen LogP contribution in [0.2, 0.25) is 5.15 Å². The van der Waals surface area contributed by atoms with Gasteiger partial charge in [0.15, 0.2) is 5.96 Å². The van der Waals surface area contributed by atoms with Crippen molar-refractivity contribution >= 4 is 29.4 Å². The van der Waals surface area contributed by atoms with E-state index in [4.69, 9.17) is 11.6 Å². The van der Waals surface area contributed by atoms with Crippen LogP contribution in [0.3, 0.4) is 0 Å². The van der Waals surface area contributed by atoms with Crippen LogP contribution in [0.25, 0.3) is 0 Å². The topological polar surface area (TPSA) is 86.7 Å². The molecular formula is C21H26ClN5O2. The molecule has 2 fully saturated rings. The van der Waals surface area contributed by atoms with Crippen LogP contribution >= 0.6 is 11.6 Å². The Hall–Kier alpha value is -2.41. The molecule has 4 atom stereocenters. The van der Waals surface area contributed by atoms with E-state index in [0.29, 0.717) is 37.2 Å². The van der Waals surface area contributed by atoms with Crippen molar-refractivity contribution in [2.45, 2.75) is 26.3 Å². The van der Waals surface area contributed by atoms with Crippen LogP contribution in [0.1, 0.15) is 25.3 Å². The SMILES string of the molecule is CCNC(=NCc1ccc(Cl)nc1)NCCCN1C(=O)C2C3C=CC(C3)C2C1=O. The molecule has 0 aromatic carbocycles. The van der Waals surface area contributed by atoms with Crippen LogP contribution in [-0.4, -0.2) is 47.3 Å². The quantitative estimate of drug-likeness (QED) is 0.177. The van der Waals surface area contributed by atoms with Gasteiger partial charge in [-0.2, -0.15) is 0 Å². The standard InChI is InChI=1S/C21H26ClN5O2/c1-2-23-21(26-12-13-4-7-16(22)25-11-13)24-8-3-9-27-19(28)17-14-5-6-15(10-14)18(17)20(27)29/h4-7,11,14-15,17-18H,2-3,8-10,12H2,1H3,(H2,23,24,26). The van der Waals surface area contributed by atoms with Gasteiger partial charge in [0.1, 0.15) is 5.15 Å². The Bertz CT molecular complexity index is 808. The van der Waals surface area contributed by atoms with Crippen LogP contribution in [0.4, 0.5) is 0 Å². The van der Waals surface area contributed by atoms with E-state index in [0.717, 1.165) is 18.5 Å². The second kappa shape index (κ2) is 8.53. The van der Waals surface area contributed by atoms with Gasteiger partial charge in [0.2, 0.25) is 11.8 Å². The number of likely N-dealkylation sites (tertiary alicyclic amines) is 1. The normalized spacial score (nSPS) is 27.7. The van der Waals surface area contributed by atoms with E-state index in [9.17, 15) is 9.59 Å². The number of fused-ring (bicyclic) bond motifs is 5. The van der Waals surface area contributed by atoms with Crippen molar-refractivity contribution in [3.8, 4) is 0 Å². The summed E-state index contributed by atoms with van der Waals surface area (Å²) in [4.78, 5) is 35.5. The van der Waals surface area contributed by atoms with E-state index in [2.05, 4.69) is 32.8 Å². The zero-order valence-corrected chi connectivity index (χ0v) is 17.2. The molecule has 2 N–H and O–H groups in total. The number of carbonyl (C=O) groups is 2. The van der Waals surface area contributed by atoms with Crippen molar-refractivity contribution in [2.24, 2.45) is 28.7 Å². The number of aromatic nitrogens is 1. The van der Waals surface area contributed by atoms with Crippen molar-refractivity contribution in [1.29, 1.82) is 0 Å². The zero-order chi connectivity index (χ0) is 20.4. The molecule has 2 amide bonds. The second-order valence-corrected chi connectivity index (χ2v) is 8.18. The molecule has 1 aromatic heterocycles. The molecule has 4 rings (SSSR count). The summed E-state index contributed by atoms with van der Waals surface area (Å²) in [6.07, 6.45) is 7.61. The number of nitrogens with one attached hydrogen (secondary N) is 2. The van der Waals surface area contributed by atoms with Crippen molar-refractivity contribution in [3.63, 3.8) is 0 Å². The molecule has 1 aromatic rings. The molecule has 154 valence electrons. The summed E-state index contributed by atoms with van der Waals surface area (Å²) in [6, 6.07) is 3.64. The lowest BCUT2D eigenvalue weighted by Crippen LogP contribution is -2.40. The monoisotopic (exact) mass is 415 g/mol. The first kappa shape index (κ1) is 19.9. The van der Waals surface area contributed by atoms with E-state index >= 15 is 0 Å². The van der Waals surface area contributed by atoms with Gasteiger partial charge >= 0.3 is 0 Å². The zero-order valence-electron chi connectivity index (χ0n) is 16.5. The molecule has 0 radical (unpaired) electrons. The van der Waals surface area contributed by atoms with Crippen LogP contribution in [0.5, 0.6) is 0 Å². The minimum atomic E-state index is -0.114. The van der Waals surface area contributed by atoms with Gasteiger partial charge in [-0.05, 0) is 43.2 Å². The number of carbonyl (C=O) groups excluding carboxylic acids is 2. The molecule has 2 bridgehead atoms. The van der Waals surface area contributed by atoms with Gasteiger partial charge < -0.3 is 10.6 Å². The highest BCUT2D eigenvalue weighted by atomic mass is 35.5. The van der Waals surface area contributed by atoms with Gasteiger partial charge in [-0.3, -0.25) is 14.5 Å². The van der Waals surface area contributed by atoms with E-state index in [1.54, 1.807) is 12.3 Å². The summed E-state index contributed by atoms with van der Waals surface area (Å²) in [7, 11) is 0. The van der Waals surface area contributed by atoms with Gasteiger partial charge in [-0.15, -0.1) is 0 Å². The van der Waals surface area contributed by atoms with Gasteiger partial charge in [-0.1, -0.05) is 29.8 Å². The summed E-state index contributed by atoms with van der Waals surface area (Å²) in [5.41, 5.74) is 0.967. The number of hydrogen-bond donors (Lipinski definition) is 2. The highest BCUT2D eigenvalue weighted by Gasteiger charge is 2.58. The fourth-order valence-corrected chi connectivity index (χ4v) is 4.75. The van der Waals surface area contributed by atoms with Crippen molar-refractivity contribution in [3.05, 3.63) is 41.2 Å². The van der Waals surface area contributed by atoms with Crippen molar-refractivity contribution in [2.75, 3.05) is 19.6 Å². The molecule has 7 nitrogen and oxygen atoms in total. The molecule has 8 heteroatoms. The molecule has 1 saturated heterocycles. The Labute approximate surface area is 175 Å². The number of hydrogen-bond acceptors (Lipinski definition) is 4. The molecule has 1 saturated carbocycles. The largest absolute Gasteiger partial charge is 0.357 e. The van der Waals surface area contributed by atoms with Crippen LogP contribution in [0.15, 0.2) is 35.5 Å². The van der Waals surface area contributed by atoms with E-state index in [-0.39, 0.29) is 35.5 Å². The summed E-state index contributed by atoms with van der Waals surface area (Å²) in [5, 5.41) is 6.93. The summed E-state index contributed by atoms with van der Waals surface area (Å²) in [6.45, 7) is 4.32. The first-order valence-electron chi connectivity index (χ1n) is 10.2. The average molecular weight is 416 g/mol. The van der Waals surface area contributed by atoms with Gasteiger partial charge in [-0.25, -0.2) is 9.98 Å². The number of pyridine rings is 1. The molecule has 0 spiro atoms. The maximum atomic E-state index is 12.7. The number of imide groups is 1. The van der Waals surface area contributed by atoms with Crippen molar-refractivity contribution < 1.29 is 9.59 Å². The fourth-order valence-electron chi connectivity index (χ4n) is 4.64. The number of rotatable bonds is 7. The van der Waals surface area contributed by atoms with Crippen LogP contribution < -0.4 is 10.6 Å². The second-order valence-electron chi connectivity index (χ2n) is 7.79. The first-order chi connectivity index (χ1) is 14.1. The van der Waals surface area contributed by atoms with E-state index < -0.39 is 0 Å². The Morgan fingerprint density at radius 2 is 1.93 bits per heavy atom. The summed E-state index contributed by atoms with van der Waals surface area (Å²) >= 11 is 5.81. The smallest absolute Gasteiger partial charge is 0.233 e. The lowest BCUT2D eigenvalue weighted by Gasteiger charge is -2.18. The predicted molar refractivity (Wildman–Crippen MR) is 111 cm³/mol. The third-order valence-electron chi connectivity index (χ3n) is 5.97. The van der Waals surface area contributed by atoms with Gasteiger partial charge in [0, 0.05) is 25.8 Å². The number of allylic oxidation sites excluding steroid dienone is 2. The fraction of sp³-hybridized carbons (Fsp3) is 0.524. The van der Waals surface area contributed by atoms with Gasteiger partial charge in [0.05, 0.1) is 18.4 Å². The molecule has 29 heavy (non-hydrogen) atoms. The Morgan fingerprint density at radius 3 is 2.55 bits per heavy atom. The molecule has 1 aliphatic heterocycles. The number of amides is 2. The number of guanidine groups is 1. The molecule has 2 aliphatic carbocycles. The average Bonchev–Trinajstić information content (AvgIpc) is 3.39. The highest BCUT2D eigenvalue weighted by molar-refractivity contribution is 6.29. The molecule has 4 unspecified atom stereocenters. The highest BCUT2D eigenvalue weighted by Crippen LogP contribution is 2.52. The molecule has 3 aliphatic rings. The Morgan fingerprint density at radius 1 is 1.21 bits per heavy atom. The maximum Gasteiger partial charge on any atom is 0.233 e. The van der Waals surface area contributed by atoms with Crippen LogP contribution in [0, 0.1) is 23.7 Å². The van der Waals surface area contributed by atoms with E-state index in [1.165, 1.54) is 4.90 Å². The summed E-state index contributed by atoms with van der Waals surface area (Å²) < 4.78 is 0. The third-order valence-corrected chi connectivity index (χ3v) is 6.19. The first-order valence-corrected chi connectivity index (χ1v) is 10.6. The molecule has 2 heterocycles. The predicted octanol–water partition coefficient (Wildman–Crippen LogP) is 1.99. The lowest BCUT2D eigenvalue weighted by molar-refractivity contribution is -0.140. The minimum Gasteiger partial charge on any atom is -0.357 e. The Balaban J connectivity index is 1.26. The molecular weight excluding hydrogens is 390 g/mol. The van der Waals surface area contributed by atoms with E-state index in [1.807, 2.05) is 13.0 Å². The van der Waals surface area contributed by atoms with Gasteiger partial charge in [0.25, 0.3) is 0 Å². The third kappa shape index (κ3) is 4.01. The van der Waals surface area contributed by atoms with Crippen molar-refractivity contribution in [1.82, 2.24) is 20.5 Å². The maximum absolute atomic E-state index is 12.7. The number of halogens is 1. The number of nitrogens with zero attached hydrogens (tertiary/aromatic N) is 3. The summed E-state index contributed by atoms with van der Waals surface area (Å²) in [5.74, 6) is 1.04.